The molecule has 2 N–H and O–H groups in total. The van der Waals surface area contributed by atoms with Crippen LogP contribution >= 0.6 is 23.6 Å². The molecular formula is C23H27N5OS2. The molecule has 0 saturated heterocycles. The number of aliphatic hydroxyl groups is 1. The Hall–Kier alpha value is -2.39. The van der Waals surface area contributed by atoms with Gasteiger partial charge in [0, 0.05) is 18.0 Å². The molecule has 4 rings (SSSR count). The van der Waals surface area contributed by atoms with Gasteiger partial charge in [-0.15, -0.1) is 11.3 Å². The molecule has 0 fully saturated rings. The standard InChI is InChI=1S/C23H27N5OS2/c1-27(2)11-6-9-20(30)28-12-10-17-19(13-28)31-23-21(17)22(24-15-25-23)26-18(14-29)16-7-4-3-5-8-16/h3-9,15,18,29H,10-14H2,1-2H3,(H,24,25,26). The Morgan fingerprint density at radius 3 is 2.87 bits per heavy atom. The highest BCUT2D eigenvalue weighted by Gasteiger charge is 2.25. The number of nitrogens with zero attached hydrogens (tertiary/aromatic N) is 4. The maximum Gasteiger partial charge on any atom is 0.139 e. The fraction of sp³-hybridized carbons (Fsp3) is 0.348. The van der Waals surface area contributed by atoms with E-state index in [1.165, 1.54) is 10.4 Å². The van der Waals surface area contributed by atoms with Crippen LogP contribution < -0.4 is 5.32 Å². The summed E-state index contributed by atoms with van der Waals surface area (Å²) in [6.45, 7) is 2.53. The number of aliphatic hydroxyl groups excluding tert-OH is 1. The highest BCUT2D eigenvalue weighted by Crippen LogP contribution is 2.38. The van der Waals surface area contributed by atoms with Crippen molar-refractivity contribution in [2.45, 2.75) is 19.0 Å². The van der Waals surface area contributed by atoms with Gasteiger partial charge in [-0.05, 0) is 37.7 Å². The number of benzene rings is 1. The second-order valence-corrected chi connectivity index (χ2v) is 9.37. The molecule has 0 amide bonds. The average molecular weight is 454 g/mol. The summed E-state index contributed by atoms with van der Waals surface area (Å²) in [5, 5.41) is 14.5. The van der Waals surface area contributed by atoms with Crippen LogP contribution in [0.15, 0.2) is 48.8 Å². The quantitative estimate of drug-likeness (QED) is 0.418. The third-order valence-corrected chi connectivity index (χ3v) is 6.89. The Bertz CT molecular complexity index is 1080. The molecule has 1 aromatic carbocycles. The zero-order valence-corrected chi connectivity index (χ0v) is 19.4. The molecule has 8 heteroatoms. The van der Waals surface area contributed by atoms with Crippen LogP contribution in [-0.2, 0) is 13.0 Å². The number of thiocarbonyl (C=S) groups is 1. The van der Waals surface area contributed by atoms with Gasteiger partial charge in [0.05, 0.1) is 24.6 Å². The molecule has 31 heavy (non-hydrogen) atoms. The van der Waals surface area contributed by atoms with Gasteiger partial charge in [0.1, 0.15) is 22.0 Å². The van der Waals surface area contributed by atoms with E-state index in [9.17, 15) is 5.11 Å². The summed E-state index contributed by atoms with van der Waals surface area (Å²) in [6.07, 6.45) is 6.63. The van der Waals surface area contributed by atoms with Crippen molar-refractivity contribution in [1.82, 2.24) is 19.8 Å². The molecule has 3 aromatic rings. The molecule has 2 aromatic heterocycles. The molecule has 1 atom stereocenters. The summed E-state index contributed by atoms with van der Waals surface area (Å²) >= 11 is 7.35. The van der Waals surface area contributed by atoms with Gasteiger partial charge in [0.15, 0.2) is 0 Å². The van der Waals surface area contributed by atoms with Crippen LogP contribution in [0, 0.1) is 0 Å². The summed E-state index contributed by atoms with van der Waals surface area (Å²) in [5.41, 5.74) is 2.33. The maximum absolute atomic E-state index is 9.97. The lowest BCUT2D eigenvalue weighted by molar-refractivity contribution is 0.276. The summed E-state index contributed by atoms with van der Waals surface area (Å²) in [4.78, 5) is 16.6. The van der Waals surface area contributed by atoms with Crippen LogP contribution in [0.1, 0.15) is 22.0 Å². The van der Waals surface area contributed by atoms with Crippen molar-refractivity contribution in [1.29, 1.82) is 0 Å². The fourth-order valence-corrected chi connectivity index (χ4v) is 5.23. The minimum atomic E-state index is -0.218. The first-order chi connectivity index (χ1) is 15.1. The summed E-state index contributed by atoms with van der Waals surface area (Å²) < 4.78 is 0. The van der Waals surface area contributed by atoms with Crippen molar-refractivity contribution < 1.29 is 5.11 Å². The first-order valence-corrected chi connectivity index (χ1v) is 11.6. The first kappa shape index (κ1) is 21.8. The summed E-state index contributed by atoms with van der Waals surface area (Å²) in [6, 6.07) is 9.74. The van der Waals surface area contributed by atoms with Gasteiger partial charge in [-0.25, -0.2) is 9.97 Å². The van der Waals surface area contributed by atoms with E-state index in [-0.39, 0.29) is 12.6 Å². The van der Waals surface area contributed by atoms with E-state index in [1.807, 2.05) is 50.5 Å². The van der Waals surface area contributed by atoms with Crippen molar-refractivity contribution in [3.8, 4) is 0 Å². The smallest absolute Gasteiger partial charge is 0.139 e. The predicted octanol–water partition coefficient (Wildman–Crippen LogP) is 3.64. The largest absolute Gasteiger partial charge is 0.394 e. The maximum atomic E-state index is 9.97. The van der Waals surface area contributed by atoms with Gasteiger partial charge in [0.2, 0.25) is 0 Å². The molecule has 0 saturated carbocycles. The monoisotopic (exact) mass is 453 g/mol. The van der Waals surface area contributed by atoms with E-state index < -0.39 is 0 Å². The second-order valence-electron chi connectivity index (χ2n) is 7.87. The molecular weight excluding hydrogens is 426 g/mol. The van der Waals surface area contributed by atoms with Crippen LogP contribution in [0.2, 0.25) is 0 Å². The van der Waals surface area contributed by atoms with Gasteiger partial charge in [-0.1, -0.05) is 48.6 Å². The Morgan fingerprint density at radius 2 is 2.13 bits per heavy atom. The molecule has 6 nitrogen and oxygen atoms in total. The number of likely N-dealkylation sites (N-methyl/N-ethyl adjacent to an activating group) is 1. The second kappa shape index (κ2) is 9.82. The molecule has 1 unspecified atom stereocenters. The molecule has 0 bridgehead atoms. The minimum Gasteiger partial charge on any atom is -0.394 e. The highest BCUT2D eigenvalue weighted by molar-refractivity contribution is 7.80. The van der Waals surface area contributed by atoms with Crippen molar-refractivity contribution >= 4 is 44.6 Å². The fourth-order valence-electron chi connectivity index (χ4n) is 3.78. The lowest BCUT2D eigenvalue weighted by Gasteiger charge is -2.28. The Kier molecular flexibility index (Phi) is 6.92. The highest BCUT2D eigenvalue weighted by atomic mass is 32.1. The number of anilines is 1. The van der Waals surface area contributed by atoms with E-state index in [2.05, 4.69) is 31.2 Å². The van der Waals surface area contributed by atoms with Crippen LogP contribution in [0.3, 0.4) is 0 Å². The van der Waals surface area contributed by atoms with Crippen molar-refractivity contribution in [2.24, 2.45) is 0 Å². The minimum absolute atomic E-state index is 0.0107. The lowest BCUT2D eigenvalue weighted by atomic mass is 10.0. The third kappa shape index (κ3) is 4.93. The summed E-state index contributed by atoms with van der Waals surface area (Å²) in [7, 11) is 4.09. The van der Waals surface area contributed by atoms with Gasteiger partial charge in [-0.3, -0.25) is 0 Å². The SMILES string of the molecule is CN(C)CC=CC(=S)N1CCc2c(sc3ncnc(NC(CO)c4ccccc4)c23)C1. The molecule has 0 radical (unpaired) electrons. The van der Waals surface area contributed by atoms with Crippen molar-refractivity contribution in [3.63, 3.8) is 0 Å². The van der Waals surface area contributed by atoms with Crippen LogP contribution in [0.25, 0.3) is 10.2 Å². The number of nitrogens with one attached hydrogen (secondary N) is 1. The predicted molar refractivity (Wildman–Crippen MR) is 132 cm³/mol. The number of thiophene rings is 1. The van der Waals surface area contributed by atoms with Gasteiger partial charge >= 0.3 is 0 Å². The van der Waals surface area contributed by atoms with E-state index >= 15 is 0 Å². The lowest BCUT2D eigenvalue weighted by Crippen LogP contribution is -2.33. The first-order valence-electron chi connectivity index (χ1n) is 10.3. The topological polar surface area (TPSA) is 64.5 Å². The summed E-state index contributed by atoms with van der Waals surface area (Å²) in [5.74, 6) is 0.785. The molecule has 1 aliphatic heterocycles. The zero-order valence-electron chi connectivity index (χ0n) is 17.8. The van der Waals surface area contributed by atoms with Gasteiger partial charge < -0.3 is 20.2 Å². The van der Waals surface area contributed by atoms with E-state index in [0.29, 0.717) is 0 Å². The zero-order chi connectivity index (χ0) is 21.8. The Balaban J connectivity index is 1.58. The number of hydrogen-bond donors (Lipinski definition) is 2. The third-order valence-electron chi connectivity index (χ3n) is 5.38. The van der Waals surface area contributed by atoms with Crippen LogP contribution in [0.4, 0.5) is 5.82 Å². The average Bonchev–Trinajstić information content (AvgIpc) is 3.16. The van der Waals surface area contributed by atoms with Crippen LogP contribution in [-0.4, -0.2) is 63.7 Å². The van der Waals surface area contributed by atoms with E-state index in [1.54, 1.807) is 17.7 Å². The molecule has 3 heterocycles. The van der Waals surface area contributed by atoms with Crippen molar-refractivity contribution in [2.75, 3.05) is 39.1 Å². The Morgan fingerprint density at radius 1 is 1.32 bits per heavy atom. The van der Waals surface area contributed by atoms with Gasteiger partial charge in [0.25, 0.3) is 0 Å². The van der Waals surface area contributed by atoms with Crippen LogP contribution in [0.5, 0.6) is 0 Å². The van der Waals surface area contributed by atoms with E-state index in [0.717, 1.165) is 52.6 Å². The van der Waals surface area contributed by atoms with E-state index in [4.69, 9.17) is 12.2 Å². The molecule has 0 aliphatic carbocycles. The molecule has 162 valence electrons. The normalized spacial score (nSPS) is 14.9. The van der Waals surface area contributed by atoms with Gasteiger partial charge in [-0.2, -0.15) is 0 Å². The number of rotatable bonds is 7. The Labute approximate surface area is 192 Å². The number of aromatic nitrogens is 2. The van der Waals surface area contributed by atoms with Crippen molar-refractivity contribution in [3.05, 3.63) is 64.8 Å². The number of fused-ring (bicyclic) bond motifs is 3. The molecule has 1 aliphatic rings. The molecule has 0 spiro atoms. The number of hydrogen-bond acceptors (Lipinski definition) is 7.